The van der Waals surface area contributed by atoms with Crippen molar-refractivity contribution < 1.29 is 4.74 Å². The molecule has 2 rings (SSSR count). The van der Waals surface area contributed by atoms with Crippen LogP contribution in [-0.2, 0) is 4.74 Å². The van der Waals surface area contributed by atoms with E-state index in [1.165, 1.54) is 18.4 Å². The average Bonchev–Trinajstić information content (AvgIpc) is 2.82. The highest BCUT2D eigenvalue weighted by Gasteiger charge is 2.50. The Kier molecular flexibility index (Phi) is 3.00. The first-order valence-corrected chi connectivity index (χ1v) is 6.42. The van der Waals surface area contributed by atoms with Crippen molar-refractivity contribution in [2.45, 2.75) is 65.1 Å². The lowest BCUT2D eigenvalue weighted by Crippen LogP contribution is -2.09. The van der Waals surface area contributed by atoms with Crippen molar-refractivity contribution in [1.82, 2.24) is 0 Å². The summed E-state index contributed by atoms with van der Waals surface area (Å²) in [6.07, 6.45) is 12.2. The van der Waals surface area contributed by atoms with E-state index >= 15 is 0 Å². The molecular formula is C15H24O. The Morgan fingerprint density at radius 1 is 1.25 bits per heavy atom. The monoisotopic (exact) mass is 220 g/mol. The topological polar surface area (TPSA) is 12.5 Å². The molecule has 1 saturated heterocycles. The fraction of sp³-hybridized carbons (Fsp3) is 0.733. The van der Waals surface area contributed by atoms with E-state index in [4.69, 9.17) is 4.74 Å². The van der Waals surface area contributed by atoms with Gasteiger partial charge >= 0.3 is 0 Å². The molecule has 0 bridgehead atoms. The van der Waals surface area contributed by atoms with Gasteiger partial charge in [-0.1, -0.05) is 37.6 Å². The average molecular weight is 220 g/mol. The lowest BCUT2D eigenvalue weighted by molar-refractivity contribution is 0.306. The van der Waals surface area contributed by atoms with Crippen molar-refractivity contribution in [3.63, 3.8) is 0 Å². The molecule has 0 aromatic carbocycles. The largest absolute Gasteiger partial charge is 0.366 e. The zero-order valence-corrected chi connectivity index (χ0v) is 11.0. The molecule has 0 radical (unpaired) electrons. The Hall–Kier alpha value is -0.560. The number of hydrogen-bond donors (Lipinski definition) is 0. The van der Waals surface area contributed by atoms with Crippen molar-refractivity contribution in [3.8, 4) is 0 Å². The Bertz CT molecular complexity index is 324. The van der Waals surface area contributed by atoms with Crippen molar-refractivity contribution in [3.05, 3.63) is 23.8 Å². The van der Waals surface area contributed by atoms with Gasteiger partial charge in [0.25, 0.3) is 0 Å². The fourth-order valence-electron chi connectivity index (χ4n) is 2.41. The van der Waals surface area contributed by atoms with E-state index in [9.17, 15) is 0 Å². The molecule has 1 heteroatoms. The van der Waals surface area contributed by atoms with Gasteiger partial charge < -0.3 is 4.74 Å². The number of hydrogen-bond acceptors (Lipinski definition) is 1. The molecule has 0 unspecified atom stereocenters. The lowest BCUT2D eigenvalue weighted by atomic mass is 9.87. The zero-order valence-electron chi connectivity index (χ0n) is 11.0. The van der Waals surface area contributed by atoms with E-state index in [-0.39, 0.29) is 11.0 Å². The smallest absolute Gasteiger partial charge is 0.0954 e. The second kappa shape index (κ2) is 4.03. The van der Waals surface area contributed by atoms with E-state index in [0.29, 0.717) is 6.10 Å². The molecule has 1 heterocycles. The Balaban J connectivity index is 2.11. The van der Waals surface area contributed by atoms with E-state index in [1.807, 2.05) is 0 Å². The molecule has 0 aromatic rings. The molecular weight excluding hydrogens is 196 g/mol. The molecule has 1 fully saturated rings. The standard InChI is InChI=1S/C15H24O/c1-12-6-7-13-15(4,16-13)10-5-9-14(2,3)11-8-12/h5,8-9,13H,6-7,10-11H2,1-4H3/b9-5+,12-8+/t13-,15-/m1/s1. The van der Waals surface area contributed by atoms with Gasteiger partial charge in [-0.15, -0.1) is 0 Å². The SMILES string of the molecule is C/C1=C\CC(C)(C)/C=C/C[C@@]2(C)O[C@@H]2CC1. The number of ether oxygens (including phenoxy) is 1. The second-order valence-electron chi connectivity index (χ2n) is 6.31. The molecule has 1 aliphatic carbocycles. The van der Waals surface area contributed by atoms with E-state index in [0.717, 1.165) is 12.8 Å². The minimum Gasteiger partial charge on any atom is -0.366 e. The van der Waals surface area contributed by atoms with Crippen LogP contribution < -0.4 is 0 Å². The van der Waals surface area contributed by atoms with Gasteiger partial charge in [-0.05, 0) is 44.9 Å². The van der Waals surface area contributed by atoms with Crippen LogP contribution >= 0.6 is 0 Å². The van der Waals surface area contributed by atoms with Crippen LogP contribution in [0.25, 0.3) is 0 Å². The molecule has 2 aliphatic rings. The molecule has 0 aromatic heterocycles. The summed E-state index contributed by atoms with van der Waals surface area (Å²) < 4.78 is 5.82. The van der Waals surface area contributed by atoms with Crippen molar-refractivity contribution >= 4 is 0 Å². The van der Waals surface area contributed by atoms with Crippen LogP contribution in [0.2, 0.25) is 0 Å². The third-order valence-electron chi connectivity index (χ3n) is 3.91. The predicted octanol–water partition coefficient (Wildman–Crippen LogP) is 4.25. The van der Waals surface area contributed by atoms with Gasteiger partial charge in [-0.2, -0.15) is 0 Å². The molecule has 1 aliphatic heterocycles. The normalized spacial score (nSPS) is 43.5. The highest BCUT2D eigenvalue weighted by molar-refractivity contribution is 5.11. The fourth-order valence-corrected chi connectivity index (χ4v) is 2.41. The number of rotatable bonds is 0. The van der Waals surface area contributed by atoms with Crippen LogP contribution in [0.1, 0.15) is 53.4 Å². The van der Waals surface area contributed by atoms with Crippen LogP contribution in [0.3, 0.4) is 0 Å². The molecule has 16 heavy (non-hydrogen) atoms. The summed E-state index contributed by atoms with van der Waals surface area (Å²) in [5, 5.41) is 0. The predicted molar refractivity (Wildman–Crippen MR) is 68.4 cm³/mol. The van der Waals surface area contributed by atoms with Crippen LogP contribution in [-0.4, -0.2) is 11.7 Å². The molecule has 1 nitrogen and oxygen atoms in total. The van der Waals surface area contributed by atoms with E-state index in [2.05, 4.69) is 45.9 Å². The minimum absolute atomic E-state index is 0.136. The molecule has 0 saturated carbocycles. The first-order valence-electron chi connectivity index (χ1n) is 6.42. The maximum atomic E-state index is 5.82. The first kappa shape index (κ1) is 11.9. The summed E-state index contributed by atoms with van der Waals surface area (Å²) in [5.74, 6) is 0. The lowest BCUT2D eigenvalue weighted by Gasteiger charge is -2.18. The summed E-state index contributed by atoms with van der Waals surface area (Å²) in [4.78, 5) is 0. The second-order valence-corrected chi connectivity index (χ2v) is 6.31. The summed E-state index contributed by atoms with van der Waals surface area (Å²) >= 11 is 0. The summed E-state index contributed by atoms with van der Waals surface area (Å²) in [5.41, 5.74) is 1.94. The summed E-state index contributed by atoms with van der Waals surface area (Å²) in [6.45, 7) is 9.10. The van der Waals surface area contributed by atoms with Gasteiger partial charge in [-0.3, -0.25) is 0 Å². The van der Waals surface area contributed by atoms with Crippen molar-refractivity contribution in [1.29, 1.82) is 0 Å². The number of fused-ring (bicyclic) bond motifs is 1. The maximum absolute atomic E-state index is 5.82. The molecule has 0 spiro atoms. The molecule has 0 amide bonds. The third-order valence-corrected chi connectivity index (χ3v) is 3.91. The zero-order chi connectivity index (χ0) is 11.8. The number of epoxide rings is 1. The maximum Gasteiger partial charge on any atom is 0.0954 e. The van der Waals surface area contributed by atoms with Gasteiger partial charge in [0.05, 0.1) is 11.7 Å². The van der Waals surface area contributed by atoms with Gasteiger partial charge in [-0.25, -0.2) is 0 Å². The Morgan fingerprint density at radius 2 is 2.00 bits per heavy atom. The Labute approximate surface area is 99.6 Å². The minimum atomic E-state index is 0.136. The summed E-state index contributed by atoms with van der Waals surface area (Å²) in [6, 6.07) is 0. The quantitative estimate of drug-likeness (QED) is 0.439. The number of allylic oxidation sites excluding steroid dienone is 3. The molecule has 2 atom stereocenters. The van der Waals surface area contributed by atoms with Gasteiger partial charge in [0.2, 0.25) is 0 Å². The van der Waals surface area contributed by atoms with Crippen molar-refractivity contribution in [2.24, 2.45) is 5.41 Å². The van der Waals surface area contributed by atoms with Crippen LogP contribution in [0.15, 0.2) is 23.8 Å². The van der Waals surface area contributed by atoms with Crippen LogP contribution in [0, 0.1) is 5.41 Å². The molecule has 0 N–H and O–H groups in total. The first-order chi connectivity index (χ1) is 7.41. The van der Waals surface area contributed by atoms with Crippen molar-refractivity contribution in [2.75, 3.05) is 0 Å². The Morgan fingerprint density at radius 3 is 2.75 bits per heavy atom. The molecule has 90 valence electrons. The van der Waals surface area contributed by atoms with Crippen LogP contribution in [0.4, 0.5) is 0 Å². The van der Waals surface area contributed by atoms with Gasteiger partial charge in [0.1, 0.15) is 0 Å². The highest BCUT2D eigenvalue weighted by Crippen LogP contribution is 2.43. The van der Waals surface area contributed by atoms with Crippen LogP contribution in [0.5, 0.6) is 0 Å². The highest BCUT2D eigenvalue weighted by atomic mass is 16.6. The van der Waals surface area contributed by atoms with E-state index < -0.39 is 0 Å². The third kappa shape index (κ3) is 2.76. The van der Waals surface area contributed by atoms with E-state index in [1.54, 1.807) is 0 Å². The summed E-state index contributed by atoms with van der Waals surface area (Å²) in [7, 11) is 0. The van der Waals surface area contributed by atoms with Gasteiger partial charge in [0, 0.05) is 0 Å². The van der Waals surface area contributed by atoms with Gasteiger partial charge in [0.15, 0.2) is 0 Å².